The molecule has 0 aliphatic carbocycles. The van der Waals surface area contributed by atoms with Gasteiger partial charge in [0.1, 0.15) is 0 Å². The molecule has 1 saturated heterocycles. The highest BCUT2D eigenvalue weighted by molar-refractivity contribution is 7.12. The Kier molecular flexibility index (Phi) is 4.78. The molecule has 0 saturated carbocycles. The summed E-state index contributed by atoms with van der Waals surface area (Å²) in [4.78, 5) is 17.4. The van der Waals surface area contributed by atoms with Crippen LogP contribution in [-0.4, -0.2) is 17.5 Å². The molecular weight excluding hydrogens is 292 g/mol. The molecule has 2 heterocycles. The highest BCUT2D eigenvalue weighted by atomic mass is 32.1. The summed E-state index contributed by atoms with van der Waals surface area (Å²) in [6.07, 6.45) is 4.54. The van der Waals surface area contributed by atoms with Crippen molar-refractivity contribution in [2.45, 2.75) is 38.6 Å². The topological polar surface area (TPSA) is 32.3 Å². The average Bonchev–Trinajstić information content (AvgIpc) is 2.81. The molecule has 1 atom stereocenters. The lowest BCUT2D eigenvalue weighted by Gasteiger charge is -2.29. The lowest BCUT2D eigenvalue weighted by atomic mass is 10.1. The zero-order valence-electron chi connectivity index (χ0n) is 12.9. The van der Waals surface area contributed by atoms with E-state index in [4.69, 9.17) is 0 Å². The molecule has 22 heavy (non-hydrogen) atoms. The van der Waals surface area contributed by atoms with Gasteiger partial charge in [0.05, 0.1) is 6.04 Å². The quantitative estimate of drug-likeness (QED) is 0.811. The van der Waals surface area contributed by atoms with E-state index in [0.717, 1.165) is 25.1 Å². The Bertz CT molecular complexity index is 623. The highest BCUT2D eigenvalue weighted by Gasteiger charge is 2.27. The van der Waals surface area contributed by atoms with Gasteiger partial charge in [0.15, 0.2) is 0 Å². The summed E-state index contributed by atoms with van der Waals surface area (Å²) in [7, 11) is 0. The monoisotopic (exact) mass is 314 g/mol. The van der Waals surface area contributed by atoms with Gasteiger partial charge < -0.3 is 10.2 Å². The first kappa shape index (κ1) is 15.1. The first-order chi connectivity index (χ1) is 10.7. The van der Waals surface area contributed by atoms with Crippen LogP contribution in [0.3, 0.4) is 0 Å². The number of benzene rings is 1. The minimum absolute atomic E-state index is 0.0177. The number of hydrogen-bond acceptors (Lipinski definition) is 2. The Morgan fingerprint density at radius 2 is 1.95 bits per heavy atom. The molecule has 3 rings (SSSR count). The summed E-state index contributed by atoms with van der Waals surface area (Å²) in [6.45, 7) is 2.96. The molecule has 1 aromatic carbocycles. The van der Waals surface area contributed by atoms with E-state index >= 15 is 0 Å². The summed E-state index contributed by atoms with van der Waals surface area (Å²) < 4.78 is 0. The van der Waals surface area contributed by atoms with Crippen LogP contribution in [0.1, 0.15) is 41.5 Å². The molecule has 2 amide bonds. The van der Waals surface area contributed by atoms with Gasteiger partial charge in [-0.1, -0.05) is 31.0 Å². The maximum absolute atomic E-state index is 12.7. The second-order valence-electron chi connectivity index (χ2n) is 5.80. The van der Waals surface area contributed by atoms with Gasteiger partial charge in [-0.25, -0.2) is 4.79 Å². The molecule has 1 aliphatic heterocycles. The van der Waals surface area contributed by atoms with Gasteiger partial charge in [0.25, 0.3) is 0 Å². The van der Waals surface area contributed by atoms with E-state index in [9.17, 15) is 4.79 Å². The standard InChI is InChI=1S/C18H22N2OS/c1-14-11-12-17(22-14)16-10-6-3-7-13-20(16)18(21)19-15-8-4-2-5-9-15/h2,4-5,8-9,11-12,16H,3,6-7,10,13H2,1H3,(H,19,21)/t16-/m0/s1. The fourth-order valence-corrected chi connectivity index (χ4v) is 4.02. The molecule has 0 spiro atoms. The summed E-state index contributed by atoms with van der Waals surface area (Å²) in [5.41, 5.74) is 0.859. The van der Waals surface area contributed by atoms with E-state index in [1.165, 1.54) is 22.6 Å². The lowest BCUT2D eigenvalue weighted by Crippen LogP contribution is -2.37. The number of hydrogen-bond donors (Lipinski definition) is 1. The van der Waals surface area contributed by atoms with E-state index in [2.05, 4.69) is 24.4 Å². The first-order valence-corrected chi connectivity index (χ1v) is 8.75. The Morgan fingerprint density at radius 1 is 1.14 bits per heavy atom. The van der Waals surface area contributed by atoms with E-state index in [0.29, 0.717) is 0 Å². The van der Waals surface area contributed by atoms with Crippen molar-refractivity contribution in [3.63, 3.8) is 0 Å². The van der Waals surface area contributed by atoms with Crippen LogP contribution in [-0.2, 0) is 0 Å². The smallest absolute Gasteiger partial charge is 0.317 e. The molecule has 2 aromatic rings. The van der Waals surface area contributed by atoms with Gasteiger partial charge in [-0.2, -0.15) is 0 Å². The van der Waals surface area contributed by atoms with Gasteiger partial charge in [0, 0.05) is 22.0 Å². The van der Waals surface area contributed by atoms with Crippen molar-refractivity contribution in [3.05, 3.63) is 52.2 Å². The second-order valence-corrected chi connectivity index (χ2v) is 7.12. The van der Waals surface area contributed by atoms with E-state index < -0.39 is 0 Å². The molecule has 0 bridgehead atoms. The van der Waals surface area contributed by atoms with Crippen LogP contribution in [0.15, 0.2) is 42.5 Å². The van der Waals surface area contributed by atoms with Crippen molar-refractivity contribution in [3.8, 4) is 0 Å². The van der Waals surface area contributed by atoms with Crippen molar-refractivity contribution in [1.29, 1.82) is 0 Å². The van der Waals surface area contributed by atoms with Crippen LogP contribution < -0.4 is 5.32 Å². The minimum Gasteiger partial charge on any atom is -0.317 e. The van der Waals surface area contributed by atoms with E-state index in [1.54, 1.807) is 0 Å². The summed E-state index contributed by atoms with van der Waals surface area (Å²) in [6, 6.07) is 14.3. The minimum atomic E-state index is 0.0177. The van der Waals surface area contributed by atoms with Crippen LogP contribution in [0.25, 0.3) is 0 Å². The first-order valence-electron chi connectivity index (χ1n) is 7.93. The van der Waals surface area contributed by atoms with Crippen molar-refractivity contribution >= 4 is 23.1 Å². The predicted molar refractivity (Wildman–Crippen MR) is 92.4 cm³/mol. The number of rotatable bonds is 2. The fourth-order valence-electron chi connectivity index (χ4n) is 3.00. The Labute approximate surface area is 136 Å². The van der Waals surface area contributed by atoms with Gasteiger partial charge in [0.2, 0.25) is 0 Å². The molecule has 1 aromatic heterocycles. The molecule has 0 radical (unpaired) electrons. The highest BCUT2D eigenvalue weighted by Crippen LogP contribution is 2.34. The summed E-state index contributed by atoms with van der Waals surface area (Å²) in [5.74, 6) is 0. The molecule has 4 heteroatoms. The third-order valence-corrected chi connectivity index (χ3v) is 5.23. The Hall–Kier alpha value is -1.81. The Balaban J connectivity index is 1.79. The van der Waals surface area contributed by atoms with Crippen molar-refractivity contribution < 1.29 is 4.79 Å². The molecule has 1 N–H and O–H groups in total. The number of thiophene rings is 1. The largest absolute Gasteiger partial charge is 0.322 e. The van der Waals surface area contributed by atoms with E-state index in [1.807, 2.05) is 46.6 Å². The number of nitrogens with zero attached hydrogens (tertiary/aromatic N) is 1. The third-order valence-electron chi connectivity index (χ3n) is 4.13. The number of amides is 2. The van der Waals surface area contributed by atoms with Crippen molar-refractivity contribution in [2.24, 2.45) is 0 Å². The number of carbonyl (C=O) groups is 1. The summed E-state index contributed by atoms with van der Waals surface area (Å²) >= 11 is 1.81. The maximum Gasteiger partial charge on any atom is 0.322 e. The number of para-hydroxylation sites is 1. The van der Waals surface area contributed by atoms with Gasteiger partial charge in [-0.3, -0.25) is 0 Å². The third kappa shape index (κ3) is 3.50. The number of likely N-dealkylation sites (tertiary alicyclic amines) is 1. The zero-order chi connectivity index (χ0) is 15.4. The molecule has 1 aliphatic rings. The second kappa shape index (κ2) is 6.97. The zero-order valence-corrected chi connectivity index (χ0v) is 13.7. The van der Waals surface area contributed by atoms with Crippen LogP contribution in [0.5, 0.6) is 0 Å². The molecule has 1 fully saturated rings. The number of anilines is 1. The van der Waals surface area contributed by atoms with Crippen LogP contribution in [0, 0.1) is 6.92 Å². The van der Waals surface area contributed by atoms with Crippen LogP contribution >= 0.6 is 11.3 Å². The molecule has 116 valence electrons. The summed E-state index contributed by atoms with van der Waals surface area (Å²) in [5, 5.41) is 3.04. The Morgan fingerprint density at radius 3 is 2.68 bits per heavy atom. The average molecular weight is 314 g/mol. The normalized spacial score (nSPS) is 18.8. The van der Waals surface area contributed by atoms with Crippen molar-refractivity contribution in [2.75, 3.05) is 11.9 Å². The number of urea groups is 1. The van der Waals surface area contributed by atoms with Gasteiger partial charge in [-0.05, 0) is 44.0 Å². The molecular formula is C18H22N2OS. The van der Waals surface area contributed by atoms with Crippen LogP contribution in [0.4, 0.5) is 10.5 Å². The van der Waals surface area contributed by atoms with Gasteiger partial charge >= 0.3 is 6.03 Å². The maximum atomic E-state index is 12.7. The molecule has 3 nitrogen and oxygen atoms in total. The number of nitrogens with one attached hydrogen (secondary N) is 1. The van der Waals surface area contributed by atoms with Crippen LogP contribution in [0.2, 0.25) is 0 Å². The predicted octanol–water partition coefficient (Wildman–Crippen LogP) is 5.21. The van der Waals surface area contributed by atoms with Gasteiger partial charge in [-0.15, -0.1) is 11.3 Å². The number of aryl methyl sites for hydroxylation is 1. The molecule has 0 unspecified atom stereocenters. The lowest BCUT2D eigenvalue weighted by molar-refractivity contribution is 0.190. The number of carbonyl (C=O) groups excluding carboxylic acids is 1. The SMILES string of the molecule is Cc1ccc([C@@H]2CCCCCN2C(=O)Nc2ccccc2)s1. The van der Waals surface area contributed by atoms with Crippen molar-refractivity contribution in [1.82, 2.24) is 4.90 Å². The van der Waals surface area contributed by atoms with E-state index in [-0.39, 0.29) is 12.1 Å². The fraction of sp³-hybridized carbons (Fsp3) is 0.389.